The minimum atomic E-state index is -3.66. The van der Waals surface area contributed by atoms with Gasteiger partial charge in [0.2, 0.25) is 15.9 Å². The summed E-state index contributed by atoms with van der Waals surface area (Å²) in [4.78, 5) is 12.9. The van der Waals surface area contributed by atoms with Gasteiger partial charge in [-0.25, -0.2) is 17.1 Å². The summed E-state index contributed by atoms with van der Waals surface area (Å²) in [5.74, 6) is -0.602. The molecule has 8 heteroatoms. The normalized spacial score (nSPS) is 11.6. The Morgan fingerprint density at radius 2 is 1.96 bits per heavy atom. The molecular formula is C16H19FN2O3S2. The van der Waals surface area contributed by atoms with Crippen molar-refractivity contribution in [2.24, 2.45) is 0 Å². The lowest BCUT2D eigenvalue weighted by molar-refractivity contribution is -0.121. The molecule has 0 bridgehead atoms. The Bertz CT molecular complexity index is 759. The molecule has 5 nitrogen and oxygen atoms in total. The average molecular weight is 370 g/mol. The molecule has 0 aliphatic heterocycles. The van der Waals surface area contributed by atoms with Gasteiger partial charge in [-0.2, -0.15) is 0 Å². The minimum absolute atomic E-state index is 0.0357. The maximum absolute atomic E-state index is 12.9. The SMILES string of the molecule is CN(CCCC(=O)NCc1cccs1)S(=O)(=O)c1ccc(F)cc1. The summed E-state index contributed by atoms with van der Waals surface area (Å²) < 4.78 is 38.7. The molecule has 0 fully saturated rings. The number of rotatable bonds is 8. The fourth-order valence-corrected chi connectivity index (χ4v) is 3.91. The molecule has 0 saturated carbocycles. The highest BCUT2D eigenvalue weighted by molar-refractivity contribution is 7.89. The molecule has 0 radical (unpaired) electrons. The summed E-state index contributed by atoms with van der Waals surface area (Å²) in [5, 5.41) is 4.74. The van der Waals surface area contributed by atoms with E-state index in [0.29, 0.717) is 13.0 Å². The maximum Gasteiger partial charge on any atom is 0.242 e. The van der Waals surface area contributed by atoms with Crippen LogP contribution in [0.5, 0.6) is 0 Å². The van der Waals surface area contributed by atoms with E-state index in [-0.39, 0.29) is 23.8 Å². The van der Waals surface area contributed by atoms with E-state index in [4.69, 9.17) is 0 Å². The van der Waals surface area contributed by atoms with E-state index in [1.807, 2.05) is 17.5 Å². The van der Waals surface area contributed by atoms with Crippen LogP contribution in [-0.2, 0) is 21.4 Å². The molecule has 1 amide bonds. The van der Waals surface area contributed by atoms with E-state index in [1.165, 1.54) is 23.5 Å². The Morgan fingerprint density at radius 3 is 2.58 bits per heavy atom. The number of thiophene rings is 1. The van der Waals surface area contributed by atoms with Crippen LogP contribution in [0, 0.1) is 5.82 Å². The first-order valence-electron chi connectivity index (χ1n) is 7.40. The largest absolute Gasteiger partial charge is 0.351 e. The summed E-state index contributed by atoms with van der Waals surface area (Å²) in [5.41, 5.74) is 0. The number of carbonyl (C=O) groups excluding carboxylic acids is 1. The third-order valence-electron chi connectivity index (χ3n) is 3.44. The van der Waals surface area contributed by atoms with Gasteiger partial charge in [0.25, 0.3) is 0 Å². The predicted octanol–water partition coefficient (Wildman–Crippen LogP) is 2.60. The second kappa shape index (κ2) is 8.36. The highest BCUT2D eigenvalue weighted by atomic mass is 32.2. The van der Waals surface area contributed by atoms with Gasteiger partial charge in [0, 0.05) is 24.9 Å². The molecule has 1 aromatic heterocycles. The molecule has 130 valence electrons. The number of amides is 1. The third kappa shape index (κ3) is 5.12. The number of sulfonamides is 1. The van der Waals surface area contributed by atoms with Crippen molar-refractivity contribution in [2.75, 3.05) is 13.6 Å². The predicted molar refractivity (Wildman–Crippen MR) is 91.6 cm³/mol. The number of carbonyl (C=O) groups is 1. The second-order valence-electron chi connectivity index (χ2n) is 5.24. The molecule has 1 heterocycles. The zero-order valence-electron chi connectivity index (χ0n) is 13.2. The average Bonchev–Trinajstić information content (AvgIpc) is 3.06. The van der Waals surface area contributed by atoms with Crippen LogP contribution in [0.4, 0.5) is 4.39 Å². The number of nitrogens with one attached hydrogen (secondary N) is 1. The van der Waals surface area contributed by atoms with Crippen LogP contribution in [0.1, 0.15) is 17.7 Å². The third-order valence-corrected chi connectivity index (χ3v) is 6.19. The summed E-state index contributed by atoms with van der Waals surface area (Å²) in [6.45, 7) is 0.701. The summed E-state index contributed by atoms with van der Waals surface area (Å²) in [6, 6.07) is 8.54. The molecule has 1 aromatic carbocycles. The summed E-state index contributed by atoms with van der Waals surface area (Å²) >= 11 is 1.57. The monoisotopic (exact) mass is 370 g/mol. The minimum Gasteiger partial charge on any atom is -0.351 e. The van der Waals surface area contributed by atoms with Crippen LogP contribution in [0.25, 0.3) is 0 Å². The lowest BCUT2D eigenvalue weighted by atomic mass is 10.3. The highest BCUT2D eigenvalue weighted by Gasteiger charge is 2.20. The van der Waals surface area contributed by atoms with Crippen LogP contribution in [0.15, 0.2) is 46.7 Å². The van der Waals surface area contributed by atoms with E-state index in [1.54, 1.807) is 11.3 Å². The van der Waals surface area contributed by atoms with Crippen molar-refractivity contribution in [3.63, 3.8) is 0 Å². The molecule has 0 spiro atoms. The lowest BCUT2D eigenvalue weighted by Gasteiger charge is -2.17. The van der Waals surface area contributed by atoms with Crippen LogP contribution >= 0.6 is 11.3 Å². The first-order valence-corrected chi connectivity index (χ1v) is 9.72. The fourth-order valence-electron chi connectivity index (χ4n) is 2.06. The van der Waals surface area contributed by atoms with Crippen molar-refractivity contribution in [3.05, 3.63) is 52.5 Å². The Morgan fingerprint density at radius 1 is 1.25 bits per heavy atom. The van der Waals surface area contributed by atoms with Gasteiger partial charge in [0.05, 0.1) is 11.4 Å². The van der Waals surface area contributed by atoms with Gasteiger partial charge < -0.3 is 5.32 Å². The van der Waals surface area contributed by atoms with Gasteiger partial charge in [-0.3, -0.25) is 4.79 Å². The molecule has 1 N–H and O–H groups in total. The number of hydrogen-bond acceptors (Lipinski definition) is 4. The van der Waals surface area contributed by atoms with Crippen LogP contribution in [0.3, 0.4) is 0 Å². The van der Waals surface area contributed by atoms with E-state index in [9.17, 15) is 17.6 Å². The first kappa shape index (κ1) is 18.6. The standard InChI is InChI=1S/C16H19FN2O3S2/c1-19(24(21,22)15-8-6-13(17)7-9-15)10-2-5-16(20)18-12-14-4-3-11-23-14/h3-4,6-9,11H,2,5,10,12H2,1H3,(H,18,20). The molecule has 2 rings (SSSR count). The second-order valence-corrected chi connectivity index (χ2v) is 8.32. The molecular weight excluding hydrogens is 351 g/mol. The quantitative estimate of drug-likeness (QED) is 0.777. The van der Waals surface area contributed by atoms with Gasteiger partial charge in [-0.15, -0.1) is 11.3 Å². The number of hydrogen-bond donors (Lipinski definition) is 1. The topological polar surface area (TPSA) is 66.5 Å². The summed E-state index contributed by atoms with van der Waals surface area (Å²) in [7, 11) is -2.22. The lowest BCUT2D eigenvalue weighted by Crippen LogP contribution is -2.29. The van der Waals surface area contributed by atoms with Crippen molar-refractivity contribution >= 4 is 27.3 Å². The van der Waals surface area contributed by atoms with Gasteiger partial charge in [-0.05, 0) is 42.1 Å². The van der Waals surface area contributed by atoms with Crippen LogP contribution in [-0.4, -0.2) is 32.2 Å². The molecule has 0 aliphatic rings. The molecule has 0 unspecified atom stereocenters. The van der Waals surface area contributed by atoms with Crippen molar-refractivity contribution < 1.29 is 17.6 Å². The molecule has 0 atom stereocenters. The zero-order valence-corrected chi connectivity index (χ0v) is 14.9. The van der Waals surface area contributed by atoms with Crippen LogP contribution in [0.2, 0.25) is 0 Å². The van der Waals surface area contributed by atoms with Crippen molar-refractivity contribution in [1.29, 1.82) is 0 Å². The Labute approximate surface area is 145 Å². The molecule has 2 aromatic rings. The van der Waals surface area contributed by atoms with Crippen LogP contribution < -0.4 is 5.32 Å². The number of benzene rings is 1. The van der Waals surface area contributed by atoms with E-state index in [2.05, 4.69) is 5.32 Å². The Hall–Kier alpha value is -1.77. The number of halogens is 1. The Kier molecular flexibility index (Phi) is 6.47. The van der Waals surface area contributed by atoms with Crippen molar-refractivity contribution in [3.8, 4) is 0 Å². The van der Waals surface area contributed by atoms with E-state index in [0.717, 1.165) is 17.0 Å². The smallest absolute Gasteiger partial charge is 0.242 e. The fraction of sp³-hybridized carbons (Fsp3) is 0.312. The van der Waals surface area contributed by atoms with Gasteiger partial charge >= 0.3 is 0 Å². The highest BCUT2D eigenvalue weighted by Crippen LogP contribution is 2.15. The van der Waals surface area contributed by atoms with Crippen molar-refractivity contribution in [1.82, 2.24) is 9.62 Å². The number of nitrogens with zero attached hydrogens (tertiary/aromatic N) is 1. The van der Waals surface area contributed by atoms with Crippen molar-refractivity contribution in [2.45, 2.75) is 24.3 Å². The van der Waals surface area contributed by atoms with E-state index < -0.39 is 15.8 Å². The summed E-state index contributed by atoms with van der Waals surface area (Å²) in [6.07, 6.45) is 0.655. The zero-order chi connectivity index (χ0) is 17.6. The maximum atomic E-state index is 12.9. The Balaban J connectivity index is 1.78. The van der Waals surface area contributed by atoms with Gasteiger partial charge in [-0.1, -0.05) is 6.07 Å². The van der Waals surface area contributed by atoms with Gasteiger partial charge in [0.1, 0.15) is 5.82 Å². The first-order chi connectivity index (χ1) is 11.4. The van der Waals surface area contributed by atoms with Gasteiger partial charge in [0.15, 0.2) is 0 Å². The molecule has 24 heavy (non-hydrogen) atoms. The molecule has 0 aliphatic carbocycles. The molecule has 0 saturated heterocycles. The van der Waals surface area contributed by atoms with E-state index >= 15 is 0 Å².